The van der Waals surface area contributed by atoms with Crippen LogP contribution in [-0.4, -0.2) is 36.1 Å². The average Bonchev–Trinajstić information content (AvgIpc) is 2.23. The van der Waals surface area contributed by atoms with E-state index in [2.05, 4.69) is 10.0 Å². The predicted molar refractivity (Wildman–Crippen MR) is 77.5 cm³/mol. The molecule has 0 aromatic carbocycles. The summed E-state index contributed by atoms with van der Waals surface area (Å²) in [6.45, 7) is 9.51. The third-order valence-electron chi connectivity index (χ3n) is 2.86. The molecular formula is C14H25N3O4. The predicted octanol–water partition coefficient (Wildman–Crippen LogP) is 3.33. The summed E-state index contributed by atoms with van der Waals surface area (Å²) in [6, 6.07) is 0. The van der Waals surface area contributed by atoms with Crippen LogP contribution in [0.15, 0.2) is 5.11 Å². The van der Waals surface area contributed by atoms with E-state index in [4.69, 9.17) is 19.7 Å². The van der Waals surface area contributed by atoms with E-state index in [1.54, 1.807) is 0 Å². The zero-order valence-corrected chi connectivity index (χ0v) is 13.5. The van der Waals surface area contributed by atoms with Crippen LogP contribution >= 0.6 is 0 Å². The van der Waals surface area contributed by atoms with Crippen molar-refractivity contribution in [2.45, 2.75) is 77.5 Å². The minimum atomic E-state index is -0.758. The molecular weight excluding hydrogens is 274 g/mol. The lowest BCUT2D eigenvalue weighted by atomic mass is 10.0. The number of rotatable bonds is 5. The Morgan fingerprint density at radius 2 is 2.00 bits per heavy atom. The summed E-state index contributed by atoms with van der Waals surface area (Å²) in [4.78, 5) is 14.6. The summed E-state index contributed by atoms with van der Waals surface area (Å²) in [5.74, 6) is -1.04. The SMILES string of the molecule is CC(C)(C)OC(=O)C[C@H]1C[C@@H](CCN=[N+]=[N-])OC(C)(C)O1. The molecule has 0 aliphatic carbocycles. The summed E-state index contributed by atoms with van der Waals surface area (Å²) in [5, 5.41) is 3.52. The van der Waals surface area contributed by atoms with Gasteiger partial charge in [0.15, 0.2) is 5.79 Å². The summed E-state index contributed by atoms with van der Waals surface area (Å²) in [7, 11) is 0. The minimum Gasteiger partial charge on any atom is -0.460 e. The van der Waals surface area contributed by atoms with Gasteiger partial charge in [0.2, 0.25) is 0 Å². The van der Waals surface area contributed by atoms with Crippen LogP contribution in [0.1, 0.15) is 53.9 Å². The van der Waals surface area contributed by atoms with Crippen molar-refractivity contribution in [3.63, 3.8) is 0 Å². The first-order valence-electron chi connectivity index (χ1n) is 7.19. The van der Waals surface area contributed by atoms with E-state index in [0.29, 0.717) is 19.4 Å². The van der Waals surface area contributed by atoms with E-state index in [1.165, 1.54) is 0 Å². The zero-order chi connectivity index (χ0) is 16.1. The van der Waals surface area contributed by atoms with Crippen LogP contribution in [0.4, 0.5) is 0 Å². The van der Waals surface area contributed by atoms with Crippen molar-refractivity contribution in [3.8, 4) is 0 Å². The second-order valence-corrected chi connectivity index (χ2v) is 6.65. The Balaban J connectivity index is 2.56. The summed E-state index contributed by atoms with van der Waals surface area (Å²) in [6.07, 6.45) is 1.05. The van der Waals surface area contributed by atoms with Gasteiger partial charge in [0.05, 0.1) is 18.6 Å². The van der Waals surface area contributed by atoms with Crippen LogP contribution in [-0.2, 0) is 19.0 Å². The molecule has 1 rings (SSSR count). The quantitative estimate of drug-likeness (QED) is 0.337. The van der Waals surface area contributed by atoms with E-state index in [1.807, 2.05) is 34.6 Å². The van der Waals surface area contributed by atoms with Crippen LogP contribution in [0.25, 0.3) is 10.4 Å². The van der Waals surface area contributed by atoms with Crippen molar-refractivity contribution < 1.29 is 19.0 Å². The van der Waals surface area contributed by atoms with Crippen molar-refractivity contribution in [2.24, 2.45) is 5.11 Å². The van der Waals surface area contributed by atoms with Gasteiger partial charge in [0.1, 0.15) is 5.60 Å². The van der Waals surface area contributed by atoms with Gasteiger partial charge in [-0.15, -0.1) is 0 Å². The normalized spacial score (nSPS) is 25.0. The maximum Gasteiger partial charge on any atom is 0.308 e. The second kappa shape index (κ2) is 7.11. The molecule has 7 nitrogen and oxygen atoms in total. The van der Waals surface area contributed by atoms with Gasteiger partial charge in [-0.1, -0.05) is 5.11 Å². The maximum absolute atomic E-state index is 11.9. The minimum absolute atomic E-state index is 0.0910. The Hall–Kier alpha value is -1.30. The van der Waals surface area contributed by atoms with Gasteiger partial charge in [-0.25, -0.2) is 0 Å². The number of ether oxygens (including phenoxy) is 3. The molecule has 0 bridgehead atoms. The van der Waals surface area contributed by atoms with Gasteiger partial charge >= 0.3 is 5.97 Å². The summed E-state index contributed by atoms with van der Waals surface area (Å²) >= 11 is 0. The van der Waals surface area contributed by atoms with E-state index < -0.39 is 11.4 Å². The molecule has 1 aliphatic rings. The lowest BCUT2D eigenvalue weighted by molar-refractivity contribution is -0.300. The molecule has 7 heteroatoms. The lowest BCUT2D eigenvalue weighted by Crippen LogP contribution is -2.45. The summed E-state index contributed by atoms with van der Waals surface area (Å²) < 4.78 is 16.9. The highest BCUT2D eigenvalue weighted by Crippen LogP contribution is 2.30. The molecule has 0 amide bonds. The summed E-state index contributed by atoms with van der Waals surface area (Å²) in [5.41, 5.74) is 7.81. The molecule has 1 aliphatic heterocycles. The fraction of sp³-hybridized carbons (Fsp3) is 0.929. The highest BCUT2D eigenvalue weighted by Gasteiger charge is 2.36. The molecule has 21 heavy (non-hydrogen) atoms. The molecule has 1 fully saturated rings. The second-order valence-electron chi connectivity index (χ2n) is 6.65. The number of carbonyl (C=O) groups is 1. The van der Waals surface area contributed by atoms with Crippen molar-refractivity contribution in [1.29, 1.82) is 0 Å². The van der Waals surface area contributed by atoms with Crippen molar-refractivity contribution in [3.05, 3.63) is 10.4 Å². The van der Waals surface area contributed by atoms with Gasteiger partial charge in [-0.05, 0) is 46.6 Å². The first kappa shape index (κ1) is 17.8. The van der Waals surface area contributed by atoms with Gasteiger partial charge in [-0.2, -0.15) is 0 Å². The fourth-order valence-electron chi connectivity index (χ4n) is 2.34. The maximum atomic E-state index is 11.9. The molecule has 0 aromatic rings. The molecule has 0 N–H and O–H groups in total. The van der Waals surface area contributed by atoms with Crippen LogP contribution in [0, 0.1) is 0 Å². The Morgan fingerprint density at radius 3 is 2.57 bits per heavy atom. The number of carbonyl (C=O) groups excluding carboxylic acids is 1. The van der Waals surface area contributed by atoms with Crippen LogP contribution < -0.4 is 0 Å². The third kappa shape index (κ3) is 7.32. The largest absolute Gasteiger partial charge is 0.460 e. The Bertz CT molecular complexity index is 411. The van der Waals surface area contributed by atoms with E-state index in [9.17, 15) is 4.79 Å². The van der Waals surface area contributed by atoms with Crippen molar-refractivity contribution in [1.82, 2.24) is 0 Å². The van der Waals surface area contributed by atoms with Gasteiger partial charge in [-0.3, -0.25) is 4.79 Å². The molecule has 0 unspecified atom stereocenters. The Kier molecular flexibility index (Phi) is 6.01. The van der Waals surface area contributed by atoms with E-state index in [0.717, 1.165) is 0 Å². The number of esters is 1. The third-order valence-corrected chi connectivity index (χ3v) is 2.86. The number of hydrogen-bond acceptors (Lipinski definition) is 5. The Morgan fingerprint density at radius 1 is 1.38 bits per heavy atom. The van der Waals surface area contributed by atoms with Crippen LogP contribution in [0.5, 0.6) is 0 Å². The average molecular weight is 299 g/mol. The van der Waals surface area contributed by atoms with Crippen LogP contribution in [0.2, 0.25) is 0 Å². The zero-order valence-electron chi connectivity index (χ0n) is 13.5. The highest BCUT2D eigenvalue weighted by atomic mass is 16.7. The molecule has 1 heterocycles. The molecule has 0 spiro atoms. The first-order chi connectivity index (χ1) is 9.61. The van der Waals surface area contributed by atoms with Crippen LogP contribution in [0.3, 0.4) is 0 Å². The topological polar surface area (TPSA) is 93.5 Å². The number of nitrogens with zero attached hydrogens (tertiary/aromatic N) is 3. The lowest BCUT2D eigenvalue weighted by Gasteiger charge is -2.40. The monoisotopic (exact) mass is 299 g/mol. The molecule has 0 aromatic heterocycles. The number of azide groups is 1. The molecule has 120 valence electrons. The standard InChI is InChI=1S/C14H25N3O4/c1-13(2,3)21-12(18)9-11-8-10(6-7-16-17-15)19-14(4,5)20-11/h10-11H,6-9H2,1-5H3/t10-,11-/m1/s1. The highest BCUT2D eigenvalue weighted by molar-refractivity contribution is 5.70. The van der Waals surface area contributed by atoms with E-state index in [-0.39, 0.29) is 24.6 Å². The van der Waals surface area contributed by atoms with Gasteiger partial charge in [0, 0.05) is 17.9 Å². The van der Waals surface area contributed by atoms with Crippen molar-refractivity contribution >= 4 is 5.97 Å². The molecule has 0 radical (unpaired) electrons. The fourth-order valence-corrected chi connectivity index (χ4v) is 2.34. The first-order valence-corrected chi connectivity index (χ1v) is 7.19. The number of hydrogen-bond donors (Lipinski definition) is 0. The van der Waals surface area contributed by atoms with Gasteiger partial charge in [0.25, 0.3) is 0 Å². The smallest absolute Gasteiger partial charge is 0.308 e. The van der Waals surface area contributed by atoms with Gasteiger partial charge < -0.3 is 14.2 Å². The van der Waals surface area contributed by atoms with Crippen molar-refractivity contribution in [2.75, 3.05) is 6.54 Å². The molecule has 2 atom stereocenters. The molecule has 1 saturated heterocycles. The Labute approximate surface area is 125 Å². The van der Waals surface area contributed by atoms with E-state index >= 15 is 0 Å². The molecule has 0 saturated carbocycles.